The first-order valence-electron chi connectivity index (χ1n) is 7.44. The van der Waals surface area contributed by atoms with Crippen molar-refractivity contribution in [2.75, 3.05) is 13.1 Å². The van der Waals surface area contributed by atoms with Crippen molar-refractivity contribution in [2.45, 2.75) is 71.0 Å². The molecule has 1 saturated heterocycles. The van der Waals surface area contributed by atoms with Gasteiger partial charge in [-0.1, -0.05) is 6.42 Å². The zero-order chi connectivity index (χ0) is 13.1. The fraction of sp³-hybridized carbons (Fsp3) is 0.929. The third kappa shape index (κ3) is 3.23. The van der Waals surface area contributed by atoms with Crippen LogP contribution >= 0.6 is 0 Å². The van der Waals surface area contributed by atoms with Crippen LogP contribution in [0.4, 0.5) is 0 Å². The monoisotopic (exact) mass is 253 g/mol. The molecule has 1 amide bonds. The van der Waals surface area contributed by atoms with Crippen LogP contribution in [0.25, 0.3) is 0 Å². The number of amides is 1. The molecule has 0 aromatic rings. The number of carbonyl (C=O) groups excluding carboxylic acids is 1. The number of nitrogens with zero attached hydrogens (tertiary/aromatic N) is 2. The summed E-state index contributed by atoms with van der Waals surface area (Å²) in [5.41, 5.74) is 3.36. The molecule has 1 aliphatic carbocycles. The first-order valence-corrected chi connectivity index (χ1v) is 7.44. The summed E-state index contributed by atoms with van der Waals surface area (Å²) < 4.78 is 0. The van der Waals surface area contributed by atoms with E-state index >= 15 is 0 Å². The molecule has 2 aliphatic rings. The Hall–Kier alpha value is -0.610. The first-order chi connectivity index (χ1) is 8.63. The van der Waals surface area contributed by atoms with Gasteiger partial charge in [0, 0.05) is 24.7 Å². The van der Waals surface area contributed by atoms with E-state index in [1.807, 2.05) is 4.90 Å². The van der Waals surface area contributed by atoms with Crippen LogP contribution in [0.1, 0.15) is 52.9 Å². The average molecular weight is 253 g/mol. The Balaban J connectivity index is 1.80. The van der Waals surface area contributed by atoms with Gasteiger partial charge in [0.05, 0.1) is 6.54 Å². The Labute approximate surface area is 111 Å². The summed E-state index contributed by atoms with van der Waals surface area (Å²) >= 11 is 0. The number of hydrazine groups is 1. The van der Waals surface area contributed by atoms with Crippen molar-refractivity contribution < 1.29 is 4.79 Å². The van der Waals surface area contributed by atoms with Crippen LogP contribution in [0.2, 0.25) is 0 Å². The Bertz CT molecular complexity index is 281. The van der Waals surface area contributed by atoms with E-state index in [1.54, 1.807) is 0 Å². The summed E-state index contributed by atoms with van der Waals surface area (Å²) in [5.74, 6) is 0.255. The van der Waals surface area contributed by atoms with Crippen LogP contribution in [-0.4, -0.2) is 47.0 Å². The Morgan fingerprint density at radius 2 is 1.83 bits per heavy atom. The third-order valence-electron chi connectivity index (χ3n) is 4.26. The molecule has 0 radical (unpaired) electrons. The Kier molecular flexibility index (Phi) is 4.62. The number of nitrogens with one attached hydrogen (secondary N) is 1. The highest BCUT2D eigenvalue weighted by atomic mass is 16.2. The normalized spacial score (nSPS) is 29.3. The molecule has 1 heterocycles. The maximum absolute atomic E-state index is 12.1. The minimum absolute atomic E-state index is 0.255. The lowest BCUT2D eigenvalue weighted by Gasteiger charge is -2.39. The fourth-order valence-electron chi connectivity index (χ4n) is 3.02. The van der Waals surface area contributed by atoms with Gasteiger partial charge in [0.15, 0.2) is 0 Å². The van der Waals surface area contributed by atoms with Crippen molar-refractivity contribution in [3.8, 4) is 0 Å². The highest BCUT2D eigenvalue weighted by Crippen LogP contribution is 2.26. The van der Waals surface area contributed by atoms with E-state index < -0.39 is 0 Å². The van der Waals surface area contributed by atoms with E-state index in [4.69, 9.17) is 0 Å². The number of piperidine rings is 1. The third-order valence-corrected chi connectivity index (χ3v) is 4.26. The second kappa shape index (κ2) is 6.02. The maximum atomic E-state index is 12.1. The lowest BCUT2D eigenvalue weighted by molar-refractivity contribution is -0.132. The highest BCUT2D eigenvalue weighted by molar-refractivity contribution is 5.78. The summed E-state index contributed by atoms with van der Waals surface area (Å²) in [5, 5.41) is 2.28. The second-order valence-corrected chi connectivity index (χ2v) is 5.78. The second-order valence-electron chi connectivity index (χ2n) is 5.78. The highest BCUT2D eigenvalue weighted by Gasteiger charge is 2.32. The minimum atomic E-state index is 0.255. The molecular weight excluding hydrogens is 226 g/mol. The van der Waals surface area contributed by atoms with Gasteiger partial charge in [-0.25, -0.2) is 10.4 Å². The molecule has 1 saturated carbocycles. The number of likely N-dealkylation sites (N-methyl/N-ethyl adjacent to an activating group) is 1. The molecule has 0 bridgehead atoms. The average Bonchev–Trinajstić information content (AvgIpc) is 3.14. The van der Waals surface area contributed by atoms with Gasteiger partial charge in [-0.3, -0.25) is 4.79 Å². The molecule has 0 aromatic carbocycles. The molecule has 2 fully saturated rings. The van der Waals surface area contributed by atoms with Crippen LogP contribution < -0.4 is 5.43 Å². The lowest BCUT2D eigenvalue weighted by atomic mass is 10.00. The van der Waals surface area contributed by atoms with Crippen molar-refractivity contribution in [2.24, 2.45) is 0 Å². The summed E-state index contributed by atoms with van der Waals surface area (Å²) in [4.78, 5) is 14.2. The van der Waals surface area contributed by atoms with E-state index in [2.05, 4.69) is 31.2 Å². The van der Waals surface area contributed by atoms with Crippen LogP contribution in [0, 0.1) is 0 Å². The molecular formula is C14H27N3O. The van der Waals surface area contributed by atoms with E-state index in [0.717, 1.165) is 6.54 Å². The molecule has 1 aliphatic heterocycles. The van der Waals surface area contributed by atoms with Crippen LogP contribution in [0.15, 0.2) is 0 Å². The molecule has 4 heteroatoms. The largest absolute Gasteiger partial charge is 0.339 e. The van der Waals surface area contributed by atoms with Crippen molar-refractivity contribution in [3.05, 3.63) is 0 Å². The molecule has 2 rings (SSSR count). The molecule has 1 N–H and O–H groups in total. The number of carbonyl (C=O) groups is 1. The van der Waals surface area contributed by atoms with Crippen molar-refractivity contribution in [1.82, 2.24) is 15.3 Å². The van der Waals surface area contributed by atoms with Gasteiger partial charge in [-0.2, -0.15) is 0 Å². The van der Waals surface area contributed by atoms with Crippen LogP contribution in [0.5, 0.6) is 0 Å². The number of rotatable bonds is 5. The van der Waals surface area contributed by atoms with Crippen molar-refractivity contribution in [1.29, 1.82) is 0 Å². The summed E-state index contributed by atoms with van der Waals surface area (Å²) in [6.45, 7) is 7.86. The van der Waals surface area contributed by atoms with Gasteiger partial charge < -0.3 is 4.90 Å². The quantitative estimate of drug-likeness (QED) is 0.811. The molecule has 104 valence electrons. The maximum Gasteiger partial charge on any atom is 0.238 e. The standard InChI is InChI=1S/C14H27N3O/c1-4-16(13-8-9-13)14(18)10-15-17-11(2)6-5-7-12(17)3/h11-13,15H,4-10H2,1-3H3. The van der Waals surface area contributed by atoms with E-state index in [1.165, 1.54) is 32.1 Å². The first kappa shape index (κ1) is 13.8. The van der Waals surface area contributed by atoms with Gasteiger partial charge in [0.25, 0.3) is 0 Å². The predicted octanol–water partition coefficient (Wildman–Crippen LogP) is 1.76. The van der Waals surface area contributed by atoms with Crippen molar-refractivity contribution in [3.63, 3.8) is 0 Å². The molecule has 0 aromatic heterocycles. The predicted molar refractivity (Wildman–Crippen MR) is 73.0 cm³/mol. The smallest absolute Gasteiger partial charge is 0.238 e. The fourth-order valence-corrected chi connectivity index (χ4v) is 3.02. The SMILES string of the molecule is CCN(C(=O)CNN1C(C)CCCC1C)C1CC1. The van der Waals surface area contributed by atoms with Gasteiger partial charge >= 0.3 is 0 Å². The van der Waals surface area contributed by atoms with E-state index in [0.29, 0.717) is 24.7 Å². The topological polar surface area (TPSA) is 35.6 Å². The molecule has 2 unspecified atom stereocenters. The summed E-state index contributed by atoms with van der Waals surface area (Å²) in [7, 11) is 0. The molecule has 0 spiro atoms. The zero-order valence-electron chi connectivity index (χ0n) is 12.0. The minimum Gasteiger partial charge on any atom is -0.339 e. The van der Waals surface area contributed by atoms with Gasteiger partial charge in [-0.15, -0.1) is 0 Å². The summed E-state index contributed by atoms with van der Waals surface area (Å²) in [6, 6.07) is 1.61. The van der Waals surface area contributed by atoms with Gasteiger partial charge in [0.2, 0.25) is 5.91 Å². The van der Waals surface area contributed by atoms with Gasteiger partial charge in [-0.05, 0) is 46.5 Å². The van der Waals surface area contributed by atoms with E-state index in [9.17, 15) is 4.79 Å². The van der Waals surface area contributed by atoms with Gasteiger partial charge in [0.1, 0.15) is 0 Å². The molecule has 4 nitrogen and oxygen atoms in total. The lowest BCUT2D eigenvalue weighted by Crippen LogP contribution is -2.54. The Morgan fingerprint density at radius 3 is 2.33 bits per heavy atom. The van der Waals surface area contributed by atoms with Crippen LogP contribution in [0.3, 0.4) is 0 Å². The summed E-state index contributed by atoms with van der Waals surface area (Å²) in [6.07, 6.45) is 6.14. The van der Waals surface area contributed by atoms with Crippen molar-refractivity contribution >= 4 is 5.91 Å². The zero-order valence-corrected chi connectivity index (χ0v) is 12.0. The van der Waals surface area contributed by atoms with Crippen LogP contribution in [-0.2, 0) is 4.79 Å². The Morgan fingerprint density at radius 1 is 1.22 bits per heavy atom. The number of hydrogen-bond donors (Lipinski definition) is 1. The number of hydrogen-bond acceptors (Lipinski definition) is 3. The molecule has 18 heavy (non-hydrogen) atoms. The van der Waals surface area contributed by atoms with E-state index in [-0.39, 0.29) is 5.91 Å². The molecule has 2 atom stereocenters.